The number of ether oxygens (including phenoxy) is 2. The molecule has 1 aromatic rings. The van der Waals surface area contributed by atoms with Crippen LogP contribution in [0, 0.1) is 5.92 Å². The van der Waals surface area contributed by atoms with Crippen LogP contribution in [-0.2, 0) is 0 Å². The van der Waals surface area contributed by atoms with Gasteiger partial charge in [0.2, 0.25) is 0 Å². The first kappa shape index (κ1) is 15.2. The van der Waals surface area contributed by atoms with Gasteiger partial charge < -0.3 is 14.6 Å². The van der Waals surface area contributed by atoms with E-state index >= 15 is 0 Å². The van der Waals surface area contributed by atoms with Gasteiger partial charge in [0, 0.05) is 11.6 Å². The van der Waals surface area contributed by atoms with Gasteiger partial charge in [0.25, 0.3) is 0 Å². The number of hydrogen-bond acceptors (Lipinski definition) is 3. The molecule has 1 unspecified atom stereocenters. The molecule has 3 heteroatoms. The molecular formula is C17H26O3. The first-order valence-electron chi connectivity index (χ1n) is 7.66. The van der Waals surface area contributed by atoms with Crippen LogP contribution in [0.25, 0.3) is 0 Å². The molecule has 112 valence electrons. The summed E-state index contributed by atoms with van der Waals surface area (Å²) in [5.41, 5.74) is 0.836. The summed E-state index contributed by atoms with van der Waals surface area (Å²) in [6.45, 7) is 4.03. The molecule has 0 amide bonds. The number of rotatable bonds is 5. The van der Waals surface area contributed by atoms with Gasteiger partial charge in [-0.2, -0.15) is 0 Å². The van der Waals surface area contributed by atoms with Crippen molar-refractivity contribution in [1.82, 2.24) is 0 Å². The smallest absolute Gasteiger partial charge is 0.129 e. The Morgan fingerprint density at radius 1 is 1.25 bits per heavy atom. The van der Waals surface area contributed by atoms with Gasteiger partial charge in [-0.25, -0.2) is 0 Å². The van der Waals surface area contributed by atoms with Gasteiger partial charge in [0.15, 0.2) is 0 Å². The predicted molar refractivity (Wildman–Crippen MR) is 80.3 cm³/mol. The van der Waals surface area contributed by atoms with E-state index < -0.39 is 6.10 Å². The standard InChI is InChI=1S/C17H26O3/c1-4-13-5-7-14(8-6-13)20-17-11-15(19-3)9-10-16(17)12(2)18/h9-14,18H,4-8H2,1-3H3. The van der Waals surface area contributed by atoms with E-state index in [0.29, 0.717) is 0 Å². The van der Waals surface area contributed by atoms with E-state index in [1.165, 1.54) is 19.3 Å². The third kappa shape index (κ3) is 3.66. The van der Waals surface area contributed by atoms with Crippen LogP contribution in [-0.4, -0.2) is 18.3 Å². The highest BCUT2D eigenvalue weighted by molar-refractivity contribution is 5.42. The Kier molecular flexibility index (Phi) is 5.30. The van der Waals surface area contributed by atoms with E-state index in [9.17, 15) is 5.11 Å². The van der Waals surface area contributed by atoms with Crippen molar-refractivity contribution < 1.29 is 14.6 Å². The highest BCUT2D eigenvalue weighted by atomic mass is 16.5. The molecule has 1 fully saturated rings. The minimum absolute atomic E-state index is 0.266. The van der Waals surface area contributed by atoms with Crippen molar-refractivity contribution in [3.05, 3.63) is 23.8 Å². The Bertz CT molecular complexity index is 420. The van der Waals surface area contributed by atoms with Crippen LogP contribution in [0.3, 0.4) is 0 Å². The molecule has 1 N–H and O–H groups in total. The summed E-state index contributed by atoms with van der Waals surface area (Å²) in [6, 6.07) is 5.63. The molecule has 3 nitrogen and oxygen atoms in total. The fraction of sp³-hybridized carbons (Fsp3) is 0.647. The topological polar surface area (TPSA) is 38.7 Å². The molecule has 1 aromatic carbocycles. The van der Waals surface area contributed by atoms with Gasteiger partial charge in [-0.05, 0) is 50.7 Å². The molecule has 1 aliphatic rings. The number of aliphatic hydroxyl groups is 1. The molecule has 0 aromatic heterocycles. The molecule has 0 aliphatic heterocycles. The molecule has 0 bridgehead atoms. The molecule has 0 saturated heterocycles. The summed E-state index contributed by atoms with van der Waals surface area (Å²) >= 11 is 0. The normalized spacial score (nSPS) is 24.2. The lowest BCUT2D eigenvalue weighted by Crippen LogP contribution is -2.24. The molecule has 1 aliphatic carbocycles. The first-order valence-corrected chi connectivity index (χ1v) is 7.66. The van der Waals surface area contributed by atoms with Gasteiger partial charge in [0.05, 0.1) is 19.3 Å². The molecular weight excluding hydrogens is 252 g/mol. The van der Waals surface area contributed by atoms with Gasteiger partial charge >= 0.3 is 0 Å². The zero-order valence-electron chi connectivity index (χ0n) is 12.8. The zero-order valence-corrected chi connectivity index (χ0v) is 12.8. The van der Waals surface area contributed by atoms with Crippen molar-refractivity contribution in [3.63, 3.8) is 0 Å². The third-order valence-electron chi connectivity index (χ3n) is 4.34. The first-order chi connectivity index (χ1) is 9.63. The fourth-order valence-corrected chi connectivity index (χ4v) is 2.93. The van der Waals surface area contributed by atoms with Gasteiger partial charge in [-0.1, -0.05) is 13.3 Å². The molecule has 2 rings (SSSR count). The minimum atomic E-state index is -0.525. The summed E-state index contributed by atoms with van der Waals surface area (Å²) in [7, 11) is 1.65. The Hall–Kier alpha value is -1.22. The number of aliphatic hydroxyl groups excluding tert-OH is 1. The lowest BCUT2D eigenvalue weighted by molar-refractivity contribution is 0.121. The van der Waals surface area contributed by atoms with Crippen molar-refractivity contribution in [1.29, 1.82) is 0 Å². The van der Waals surface area contributed by atoms with E-state index in [1.54, 1.807) is 14.0 Å². The van der Waals surface area contributed by atoms with Crippen molar-refractivity contribution in [2.75, 3.05) is 7.11 Å². The van der Waals surface area contributed by atoms with E-state index in [4.69, 9.17) is 9.47 Å². The molecule has 1 atom stereocenters. The predicted octanol–water partition coefficient (Wildman–Crippen LogP) is 4.10. The fourth-order valence-electron chi connectivity index (χ4n) is 2.93. The van der Waals surface area contributed by atoms with E-state index in [0.717, 1.165) is 35.8 Å². The highest BCUT2D eigenvalue weighted by Crippen LogP contribution is 2.34. The van der Waals surface area contributed by atoms with Gasteiger partial charge in [-0.3, -0.25) is 0 Å². The maximum Gasteiger partial charge on any atom is 0.129 e. The Balaban J connectivity index is 2.07. The summed E-state index contributed by atoms with van der Waals surface area (Å²) in [5.74, 6) is 2.39. The average Bonchev–Trinajstić information content (AvgIpc) is 2.47. The van der Waals surface area contributed by atoms with E-state index in [1.807, 2.05) is 18.2 Å². The monoisotopic (exact) mass is 278 g/mol. The summed E-state index contributed by atoms with van der Waals surface area (Å²) in [5, 5.41) is 9.86. The van der Waals surface area contributed by atoms with Crippen LogP contribution in [0.4, 0.5) is 0 Å². The maximum atomic E-state index is 9.86. The van der Waals surface area contributed by atoms with Crippen LogP contribution >= 0.6 is 0 Å². The Morgan fingerprint density at radius 3 is 2.50 bits per heavy atom. The second-order valence-electron chi connectivity index (χ2n) is 5.75. The zero-order chi connectivity index (χ0) is 14.5. The summed E-state index contributed by atoms with van der Waals surface area (Å²) in [4.78, 5) is 0. The second kappa shape index (κ2) is 6.98. The Labute approximate surface area is 121 Å². The molecule has 0 spiro atoms. The molecule has 1 saturated carbocycles. The molecule has 0 heterocycles. The summed E-state index contributed by atoms with van der Waals surface area (Å²) < 4.78 is 11.4. The van der Waals surface area contributed by atoms with Crippen molar-refractivity contribution >= 4 is 0 Å². The Morgan fingerprint density at radius 2 is 1.95 bits per heavy atom. The SMILES string of the molecule is CCC1CCC(Oc2cc(OC)ccc2C(C)O)CC1. The molecule has 0 radical (unpaired) electrons. The van der Waals surface area contributed by atoms with Gasteiger partial charge in [-0.15, -0.1) is 0 Å². The number of benzene rings is 1. The van der Waals surface area contributed by atoms with Crippen LogP contribution in [0.1, 0.15) is 57.6 Å². The van der Waals surface area contributed by atoms with Crippen molar-refractivity contribution in [2.24, 2.45) is 5.92 Å². The quantitative estimate of drug-likeness (QED) is 0.881. The molecule has 20 heavy (non-hydrogen) atoms. The van der Waals surface area contributed by atoms with Crippen LogP contribution in [0.5, 0.6) is 11.5 Å². The number of hydrogen-bond donors (Lipinski definition) is 1. The van der Waals surface area contributed by atoms with Crippen molar-refractivity contribution in [3.8, 4) is 11.5 Å². The third-order valence-corrected chi connectivity index (χ3v) is 4.34. The van der Waals surface area contributed by atoms with Crippen LogP contribution in [0.2, 0.25) is 0 Å². The maximum absolute atomic E-state index is 9.86. The minimum Gasteiger partial charge on any atom is -0.497 e. The lowest BCUT2D eigenvalue weighted by atomic mass is 9.86. The summed E-state index contributed by atoms with van der Waals surface area (Å²) in [6.07, 6.45) is 5.71. The highest BCUT2D eigenvalue weighted by Gasteiger charge is 2.22. The lowest BCUT2D eigenvalue weighted by Gasteiger charge is -2.29. The van der Waals surface area contributed by atoms with Crippen LogP contribution in [0.15, 0.2) is 18.2 Å². The van der Waals surface area contributed by atoms with Crippen molar-refractivity contribution in [2.45, 2.75) is 58.2 Å². The average molecular weight is 278 g/mol. The number of methoxy groups -OCH3 is 1. The van der Waals surface area contributed by atoms with Gasteiger partial charge in [0.1, 0.15) is 11.5 Å². The van der Waals surface area contributed by atoms with E-state index in [-0.39, 0.29) is 6.10 Å². The van der Waals surface area contributed by atoms with E-state index in [2.05, 4.69) is 6.92 Å². The van der Waals surface area contributed by atoms with Crippen LogP contribution < -0.4 is 9.47 Å². The second-order valence-corrected chi connectivity index (χ2v) is 5.75. The largest absolute Gasteiger partial charge is 0.497 e.